The highest BCUT2D eigenvalue weighted by atomic mass is 16.5. The summed E-state index contributed by atoms with van der Waals surface area (Å²) in [5.74, 6) is 0.190. The average molecular weight is 194 g/mol. The average Bonchev–Trinajstić information content (AvgIpc) is 2.16. The highest BCUT2D eigenvalue weighted by Crippen LogP contribution is 2.13. The predicted octanol–water partition coefficient (Wildman–Crippen LogP) is 1.69. The third kappa shape index (κ3) is 2.45. The molecule has 1 rings (SSSR count). The first-order valence-corrected chi connectivity index (χ1v) is 4.45. The number of nitrogens with zero attached hydrogens (tertiary/aromatic N) is 1. The second kappa shape index (κ2) is 4.60. The fraction of sp³-hybridized carbons (Fsp3) is 0.400. The van der Waals surface area contributed by atoms with Crippen molar-refractivity contribution >= 4 is 11.8 Å². The van der Waals surface area contributed by atoms with Crippen LogP contribution in [0.15, 0.2) is 18.3 Å². The van der Waals surface area contributed by atoms with Gasteiger partial charge in [0, 0.05) is 12.2 Å². The summed E-state index contributed by atoms with van der Waals surface area (Å²) in [7, 11) is 1.36. The van der Waals surface area contributed by atoms with Gasteiger partial charge in [0.2, 0.25) is 0 Å². The second-order valence-electron chi connectivity index (χ2n) is 3.19. The molecule has 0 spiro atoms. The number of pyridine rings is 1. The number of hydrogen-bond acceptors (Lipinski definition) is 4. The van der Waals surface area contributed by atoms with Crippen molar-refractivity contribution in [2.75, 3.05) is 12.4 Å². The van der Waals surface area contributed by atoms with Crippen LogP contribution < -0.4 is 5.32 Å². The van der Waals surface area contributed by atoms with Gasteiger partial charge in [0.25, 0.3) is 0 Å². The molecule has 0 aromatic carbocycles. The molecule has 0 amide bonds. The van der Waals surface area contributed by atoms with Crippen LogP contribution in [0, 0.1) is 0 Å². The van der Waals surface area contributed by atoms with Crippen LogP contribution in [-0.4, -0.2) is 24.1 Å². The Kier molecular flexibility index (Phi) is 3.45. The number of carbonyl (C=O) groups is 1. The molecular weight excluding hydrogens is 180 g/mol. The summed E-state index contributed by atoms with van der Waals surface area (Å²) < 4.78 is 4.64. The number of anilines is 1. The van der Waals surface area contributed by atoms with Gasteiger partial charge in [0.15, 0.2) is 0 Å². The number of carbonyl (C=O) groups excluding carboxylic acids is 1. The fourth-order valence-corrected chi connectivity index (χ4v) is 1.07. The Morgan fingerprint density at radius 1 is 1.57 bits per heavy atom. The third-order valence-corrected chi connectivity index (χ3v) is 1.64. The number of aromatic nitrogens is 1. The number of methoxy groups -OCH3 is 1. The first-order valence-electron chi connectivity index (χ1n) is 4.45. The SMILES string of the molecule is COC(=O)c1cccnc1NC(C)C. The maximum atomic E-state index is 11.3. The van der Waals surface area contributed by atoms with E-state index in [-0.39, 0.29) is 12.0 Å². The zero-order chi connectivity index (χ0) is 10.6. The lowest BCUT2D eigenvalue weighted by molar-refractivity contribution is 0.0601. The highest BCUT2D eigenvalue weighted by molar-refractivity contribution is 5.94. The maximum absolute atomic E-state index is 11.3. The maximum Gasteiger partial charge on any atom is 0.341 e. The van der Waals surface area contributed by atoms with Crippen LogP contribution in [0.5, 0.6) is 0 Å². The number of rotatable bonds is 3. The van der Waals surface area contributed by atoms with Crippen LogP contribution in [0.1, 0.15) is 24.2 Å². The molecule has 0 fully saturated rings. The van der Waals surface area contributed by atoms with Gasteiger partial charge in [-0.1, -0.05) is 0 Å². The predicted molar refractivity (Wildman–Crippen MR) is 54.3 cm³/mol. The van der Waals surface area contributed by atoms with Gasteiger partial charge in [-0.2, -0.15) is 0 Å². The van der Waals surface area contributed by atoms with E-state index in [1.165, 1.54) is 7.11 Å². The van der Waals surface area contributed by atoms with Crippen molar-refractivity contribution in [2.45, 2.75) is 19.9 Å². The molecule has 0 saturated carbocycles. The van der Waals surface area contributed by atoms with E-state index in [0.717, 1.165) is 0 Å². The monoisotopic (exact) mass is 194 g/mol. The first-order chi connectivity index (χ1) is 6.65. The summed E-state index contributed by atoms with van der Waals surface area (Å²) in [5.41, 5.74) is 0.462. The standard InChI is InChI=1S/C10H14N2O2/c1-7(2)12-9-8(10(13)14-3)5-4-6-11-9/h4-7H,1-3H3,(H,11,12). The molecule has 1 heterocycles. The molecule has 0 aliphatic heterocycles. The smallest absolute Gasteiger partial charge is 0.341 e. The van der Waals surface area contributed by atoms with E-state index in [9.17, 15) is 4.79 Å². The van der Waals surface area contributed by atoms with E-state index in [1.807, 2.05) is 13.8 Å². The Bertz CT molecular complexity index is 324. The third-order valence-electron chi connectivity index (χ3n) is 1.64. The minimum Gasteiger partial charge on any atom is -0.465 e. The molecule has 1 N–H and O–H groups in total. The lowest BCUT2D eigenvalue weighted by Crippen LogP contribution is -2.15. The van der Waals surface area contributed by atoms with Crippen molar-refractivity contribution in [3.8, 4) is 0 Å². The molecule has 0 saturated heterocycles. The quantitative estimate of drug-likeness (QED) is 0.744. The van der Waals surface area contributed by atoms with E-state index in [2.05, 4.69) is 15.0 Å². The molecular formula is C10H14N2O2. The summed E-state index contributed by atoms with van der Waals surface area (Å²) in [5, 5.41) is 3.08. The largest absolute Gasteiger partial charge is 0.465 e. The molecule has 14 heavy (non-hydrogen) atoms. The van der Waals surface area contributed by atoms with Crippen LogP contribution in [0.2, 0.25) is 0 Å². The number of esters is 1. The molecule has 0 atom stereocenters. The van der Waals surface area contributed by atoms with Gasteiger partial charge < -0.3 is 10.1 Å². The van der Waals surface area contributed by atoms with Gasteiger partial charge in [-0.25, -0.2) is 9.78 Å². The normalized spacial score (nSPS) is 10.0. The molecule has 1 aromatic heterocycles. The van der Waals surface area contributed by atoms with Gasteiger partial charge in [-0.05, 0) is 26.0 Å². The van der Waals surface area contributed by atoms with Crippen molar-refractivity contribution in [1.29, 1.82) is 0 Å². The minimum atomic E-state index is -0.374. The van der Waals surface area contributed by atoms with Crippen LogP contribution in [0.4, 0.5) is 5.82 Å². The van der Waals surface area contributed by atoms with E-state index in [0.29, 0.717) is 11.4 Å². The van der Waals surface area contributed by atoms with Crippen LogP contribution in [0.25, 0.3) is 0 Å². The summed E-state index contributed by atoms with van der Waals surface area (Å²) in [6.07, 6.45) is 1.64. The molecule has 4 nitrogen and oxygen atoms in total. The van der Waals surface area contributed by atoms with E-state index in [4.69, 9.17) is 0 Å². The lowest BCUT2D eigenvalue weighted by atomic mass is 10.2. The highest BCUT2D eigenvalue weighted by Gasteiger charge is 2.12. The van der Waals surface area contributed by atoms with E-state index >= 15 is 0 Å². The molecule has 0 aliphatic carbocycles. The summed E-state index contributed by atoms with van der Waals surface area (Å²) in [6.45, 7) is 3.96. The molecule has 4 heteroatoms. The molecule has 0 unspecified atom stereocenters. The zero-order valence-electron chi connectivity index (χ0n) is 8.57. The first kappa shape index (κ1) is 10.5. The van der Waals surface area contributed by atoms with Gasteiger partial charge in [0.1, 0.15) is 11.4 Å². The molecule has 1 aromatic rings. The zero-order valence-corrected chi connectivity index (χ0v) is 8.57. The van der Waals surface area contributed by atoms with Crippen molar-refractivity contribution in [3.05, 3.63) is 23.9 Å². The lowest BCUT2D eigenvalue weighted by Gasteiger charge is -2.11. The van der Waals surface area contributed by atoms with Crippen LogP contribution in [-0.2, 0) is 4.74 Å². The summed E-state index contributed by atoms with van der Waals surface area (Å²) in [4.78, 5) is 15.4. The molecule has 0 bridgehead atoms. The van der Waals surface area contributed by atoms with Crippen molar-refractivity contribution < 1.29 is 9.53 Å². The van der Waals surface area contributed by atoms with Gasteiger partial charge >= 0.3 is 5.97 Å². The van der Waals surface area contributed by atoms with Gasteiger partial charge in [-0.3, -0.25) is 0 Å². The summed E-state index contributed by atoms with van der Waals surface area (Å²) in [6, 6.07) is 3.62. The van der Waals surface area contributed by atoms with E-state index < -0.39 is 0 Å². The molecule has 0 aliphatic rings. The van der Waals surface area contributed by atoms with Gasteiger partial charge in [0.05, 0.1) is 7.11 Å². The second-order valence-corrected chi connectivity index (χ2v) is 3.19. The number of ether oxygens (including phenoxy) is 1. The van der Waals surface area contributed by atoms with Gasteiger partial charge in [-0.15, -0.1) is 0 Å². The van der Waals surface area contributed by atoms with Crippen molar-refractivity contribution in [2.24, 2.45) is 0 Å². The Morgan fingerprint density at radius 3 is 2.86 bits per heavy atom. The number of hydrogen-bond donors (Lipinski definition) is 1. The van der Waals surface area contributed by atoms with Crippen molar-refractivity contribution in [1.82, 2.24) is 4.98 Å². The Balaban J connectivity index is 2.97. The molecule has 0 radical (unpaired) electrons. The Labute approximate surface area is 83.3 Å². The van der Waals surface area contributed by atoms with Crippen molar-refractivity contribution in [3.63, 3.8) is 0 Å². The minimum absolute atomic E-state index is 0.230. The fourth-order valence-electron chi connectivity index (χ4n) is 1.07. The van der Waals surface area contributed by atoms with Crippen LogP contribution in [0.3, 0.4) is 0 Å². The van der Waals surface area contributed by atoms with Crippen LogP contribution >= 0.6 is 0 Å². The Hall–Kier alpha value is -1.58. The Morgan fingerprint density at radius 2 is 2.29 bits per heavy atom. The topological polar surface area (TPSA) is 51.2 Å². The number of nitrogens with one attached hydrogen (secondary N) is 1. The summed E-state index contributed by atoms with van der Waals surface area (Å²) >= 11 is 0. The van der Waals surface area contributed by atoms with E-state index in [1.54, 1.807) is 18.3 Å². The molecule has 76 valence electrons.